The van der Waals surface area contributed by atoms with E-state index in [1.807, 2.05) is 6.07 Å². The number of aromatic nitrogens is 2. The van der Waals surface area contributed by atoms with Gasteiger partial charge >= 0.3 is 5.97 Å². The Kier molecular flexibility index (Phi) is 3.70. The molecule has 0 radical (unpaired) electrons. The lowest BCUT2D eigenvalue weighted by Gasteiger charge is -2.26. The summed E-state index contributed by atoms with van der Waals surface area (Å²) in [6, 6.07) is 5.82. The van der Waals surface area contributed by atoms with Crippen molar-refractivity contribution < 1.29 is 9.90 Å². The van der Waals surface area contributed by atoms with Crippen molar-refractivity contribution in [1.82, 2.24) is 9.55 Å². The van der Waals surface area contributed by atoms with Crippen LogP contribution in [0.15, 0.2) is 18.2 Å². The number of nitrogens with zero attached hydrogens (tertiary/aromatic N) is 2. The van der Waals surface area contributed by atoms with Gasteiger partial charge < -0.3 is 9.67 Å². The van der Waals surface area contributed by atoms with Gasteiger partial charge in [0.25, 0.3) is 0 Å². The molecule has 0 unspecified atom stereocenters. The van der Waals surface area contributed by atoms with Crippen LogP contribution in [0.3, 0.4) is 0 Å². The van der Waals surface area contributed by atoms with E-state index in [-0.39, 0.29) is 0 Å². The molecule has 1 aliphatic rings. The van der Waals surface area contributed by atoms with Crippen molar-refractivity contribution >= 4 is 17.0 Å². The fraction of sp³-hybridized carbons (Fsp3) is 0.529. The van der Waals surface area contributed by atoms with Crippen LogP contribution < -0.4 is 0 Å². The van der Waals surface area contributed by atoms with Crippen LogP contribution in [0.5, 0.6) is 0 Å². The molecule has 1 aromatic heterocycles. The van der Waals surface area contributed by atoms with E-state index >= 15 is 0 Å². The molecule has 0 aliphatic heterocycles. The minimum atomic E-state index is -0.893. The van der Waals surface area contributed by atoms with Crippen LogP contribution in [0.2, 0.25) is 0 Å². The van der Waals surface area contributed by atoms with E-state index in [4.69, 9.17) is 10.1 Å². The number of aromatic carboxylic acids is 1. The van der Waals surface area contributed by atoms with Gasteiger partial charge in [0.2, 0.25) is 0 Å². The van der Waals surface area contributed by atoms with Crippen LogP contribution in [0, 0.1) is 0 Å². The zero-order valence-electron chi connectivity index (χ0n) is 12.7. The van der Waals surface area contributed by atoms with E-state index < -0.39 is 5.97 Å². The molecule has 1 fully saturated rings. The highest BCUT2D eigenvalue weighted by molar-refractivity contribution is 5.92. The van der Waals surface area contributed by atoms with E-state index in [0.29, 0.717) is 17.5 Å². The summed E-state index contributed by atoms with van der Waals surface area (Å²) in [7, 11) is 0. The Labute approximate surface area is 124 Å². The van der Waals surface area contributed by atoms with Crippen molar-refractivity contribution in [2.24, 2.45) is 0 Å². The van der Waals surface area contributed by atoms with Crippen LogP contribution in [0.1, 0.15) is 74.1 Å². The highest BCUT2D eigenvalue weighted by Crippen LogP contribution is 2.34. The van der Waals surface area contributed by atoms with Gasteiger partial charge in [-0.15, -0.1) is 0 Å². The minimum Gasteiger partial charge on any atom is -0.478 e. The fourth-order valence-corrected chi connectivity index (χ4v) is 3.38. The van der Waals surface area contributed by atoms with Gasteiger partial charge in [0.05, 0.1) is 16.6 Å². The maximum absolute atomic E-state index is 11.1. The van der Waals surface area contributed by atoms with E-state index in [2.05, 4.69) is 18.4 Å². The van der Waals surface area contributed by atoms with Crippen molar-refractivity contribution in [1.29, 1.82) is 0 Å². The molecule has 2 aromatic rings. The maximum atomic E-state index is 11.1. The first kappa shape index (κ1) is 14.1. The van der Waals surface area contributed by atoms with E-state index in [1.54, 1.807) is 12.1 Å². The molecule has 0 atom stereocenters. The molecule has 1 aromatic carbocycles. The van der Waals surface area contributed by atoms with Crippen molar-refractivity contribution in [3.63, 3.8) is 0 Å². The molecule has 0 spiro atoms. The number of imidazole rings is 1. The second-order valence-electron chi connectivity index (χ2n) is 6.30. The second kappa shape index (κ2) is 5.51. The molecule has 4 heteroatoms. The Bertz CT molecular complexity index is 667. The third kappa shape index (κ3) is 2.55. The largest absolute Gasteiger partial charge is 0.478 e. The summed E-state index contributed by atoms with van der Waals surface area (Å²) < 4.78 is 2.37. The number of hydrogen-bond donors (Lipinski definition) is 1. The van der Waals surface area contributed by atoms with E-state index in [1.165, 1.54) is 32.1 Å². The lowest BCUT2D eigenvalue weighted by molar-refractivity contribution is 0.0697. The zero-order valence-corrected chi connectivity index (χ0v) is 12.7. The molecule has 112 valence electrons. The topological polar surface area (TPSA) is 55.1 Å². The maximum Gasteiger partial charge on any atom is 0.335 e. The standard InChI is InChI=1S/C17H22N2O2/c1-11(2)16-18-14-10-12(17(20)21)8-9-15(14)19(16)13-6-4-3-5-7-13/h8-11,13H,3-7H2,1-2H3,(H,20,21). The Hall–Kier alpha value is -1.84. The van der Waals surface area contributed by atoms with Crippen molar-refractivity contribution in [2.45, 2.75) is 57.9 Å². The van der Waals surface area contributed by atoms with Crippen LogP contribution in [-0.2, 0) is 0 Å². The molecular weight excluding hydrogens is 264 g/mol. The smallest absolute Gasteiger partial charge is 0.335 e. The first-order valence-corrected chi connectivity index (χ1v) is 7.83. The van der Waals surface area contributed by atoms with Crippen LogP contribution in [-0.4, -0.2) is 20.6 Å². The average molecular weight is 286 g/mol. The molecule has 4 nitrogen and oxygen atoms in total. The quantitative estimate of drug-likeness (QED) is 0.911. The molecule has 0 saturated heterocycles. The molecule has 1 saturated carbocycles. The van der Waals surface area contributed by atoms with Gasteiger partial charge in [0.15, 0.2) is 0 Å². The number of benzene rings is 1. The van der Waals surface area contributed by atoms with E-state index in [0.717, 1.165) is 16.9 Å². The summed E-state index contributed by atoms with van der Waals surface area (Å²) in [5, 5.41) is 9.14. The summed E-state index contributed by atoms with van der Waals surface area (Å²) in [4.78, 5) is 15.9. The Morgan fingerprint density at radius 1 is 1.29 bits per heavy atom. The van der Waals surface area contributed by atoms with Crippen molar-refractivity contribution in [3.8, 4) is 0 Å². The molecule has 1 aliphatic carbocycles. The van der Waals surface area contributed by atoms with Gasteiger partial charge in [-0.1, -0.05) is 33.1 Å². The first-order valence-electron chi connectivity index (χ1n) is 7.83. The Morgan fingerprint density at radius 2 is 2.00 bits per heavy atom. The third-order valence-electron chi connectivity index (χ3n) is 4.42. The fourth-order valence-electron chi connectivity index (χ4n) is 3.38. The van der Waals surface area contributed by atoms with Crippen LogP contribution in [0.4, 0.5) is 0 Å². The van der Waals surface area contributed by atoms with E-state index in [9.17, 15) is 4.79 Å². The van der Waals surface area contributed by atoms with Crippen molar-refractivity contribution in [3.05, 3.63) is 29.6 Å². The number of fused-ring (bicyclic) bond motifs is 1. The molecule has 0 amide bonds. The Balaban J connectivity index is 2.15. The summed E-state index contributed by atoms with van der Waals surface area (Å²) in [6.45, 7) is 4.30. The lowest BCUT2D eigenvalue weighted by atomic mass is 9.94. The molecular formula is C17H22N2O2. The number of carbonyl (C=O) groups is 1. The summed E-state index contributed by atoms with van der Waals surface area (Å²) in [5.41, 5.74) is 2.20. The second-order valence-corrected chi connectivity index (χ2v) is 6.30. The van der Waals surface area contributed by atoms with Gasteiger partial charge in [-0.05, 0) is 31.0 Å². The lowest BCUT2D eigenvalue weighted by Crippen LogP contribution is -2.16. The zero-order chi connectivity index (χ0) is 15.0. The molecule has 1 N–H and O–H groups in total. The Morgan fingerprint density at radius 3 is 2.62 bits per heavy atom. The highest BCUT2D eigenvalue weighted by atomic mass is 16.4. The van der Waals surface area contributed by atoms with Crippen molar-refractivity contribution in [2.75, 3.05) is 0 Å². The van der Waals surface area contributed by atoms with Gasteiger partial charge in [-0.2, -0.15) is 0 Å². The van der Waals surface area contributed by atoms with Gasteiger partial charge in [0, 0.05) is 12.0 Å². The monoisotopic (exact) mass is 286 g/mol. The SMILES string of the molecule is CC(C)c1nc2cc(C(=O)O)ccc2n1C1CCCCC1. The predicted octanol–water partition coefficient (Wildman–Crippen LogP) is 4.36. The third-order valence-corrected chi connectivity index (χ3v) is 4.42. The predicted molar refractivity (Wildman–Crippen MR) is 82.9 cm³/mol. The van der Waals surface area contributed by atoms with Gasteiger partial charge in [-0.25, -0.2) is 9.78 Å². The highest BCUT2D eigenvalue weighted by Gasteiger charge is 2.23. The number of carboxylic acids is 1. The number of hydrogen-bond acceptors (Lipinski definition) is 2. The number of carboxylic acid groups (broad SMARTS) is 1. The van der Waals surface area contributed by atoms with Gasteiger partial charge in [0.1, 0.15) is 5.82 Å². The normalized spacial score (nSPS) is 16.7. The molecule has 21 heavy (non-hydrogen) atoms. The van der Waals surface area contributed by atoms with Crippen LogP contribution >= 0.6 is 0 Å². The summed E-state index contributed by atoms with van der Waals surface area (Å²) >= 11 is 0. The molecule has 0 bridgehead atoms. The summed E-state index contributed by atoms with van der Waals surface area (Å²) in [5.74, 6) is 0.530. The van der Waals surface area contributed by atoms with Gasteiger partial charge in [-0.3, -0.25) is 0 Å². The van der Waals surface area contributed by atoms with Crippen LogP contribution in [0.25, 0.3) is 11.0 Å². The number of rotatable bonds is 3. The first-order chi connectivity index (χ1) is 10.1. The average Bonchev–Trinajstić information content (AvgIpc) is 2.86. The molecule has 3 rings (SSSR count). The summed E-state index contributed by atoms with van der Waals surface area (Å²) in [6.07, 6.45) is 6.27. The molecule has 1 heterocycles. The minimum absolute atomic E-state index is 0.311.